The summed E-state index contributed by atoms with van der Waals surface area (Å²) in [4.78, 5) is 12.0. The highest BCUT2D eigenvalue weighted by atomic mass is 16.1. The second-order valence-electron chi connectivity index (χ2n) is 4.33. The molecule has 2 atom stereocenters. The first-order valence-electron chi connectivity index (χ1n) is 5.98. The molecule has 0 amide bonds. The van der Waals surface area contributed by atoms with Crippen LogP contribution in [-0.2, 0) is 6.42 Å². The third kappa shape index (κ3) is 2.92. The summed E-state index contributed by atoms with van der Waals surface area (Å²) in [7, 11) is 0. The van der Waals surface area contributed by atoms with Crippen molar-refractivity contribution < 1.29 is 4.79 Å². The number of nitrogens with two attached hydrogens (primary N) is 1. The van der Waals surface area contributed by atoms with Crippen LogP contribution in [0.25, 0.3) is 0 Å². The molecule has 0 aliphatic heterocycles. The second-order valence-corrected chi connectivity index (χ2v) is 4.33. The number of ketones is 1. The lowest BCUT2D eigenvalue weighted by Crippen LogP contribution is -2.36. The van der Waals surface area contributed by atoms with Crippen LogP contribution >= 0.6 is 0 Å². The number of aryl methyl sites for hydroxylation is 1. The fourth-order valence-electron chi connectivity index (χ4n) is 1.61. The molecule has 0 aliphatic carbocycles. The van der Waals surface area contributed by atoms with E-state index < -0.39 is 0 Å². The zero-order chi connectivity index (χ0) is 12.1. The van der Waals surface area contributed by atoms with Crippen molar-refractivity contribution in [3.8, 4) is 0 Å². The van der Waals surface area contributed by atoms with Crippen molar-refractivity contribution in [3.63, 3.8) is 0 Å². The molecule has 1 aromatic carbocycles. The number of rotatable bonds is 5. The van der Waals surface area contributed by atoms with E-state index in [4.69, 9.17) is 5.73 Å². The number of hydrogen-bond acceptors (Lipinski definition) is 2. The molecule has 0 aromatic heterocycles. The van der Waals surface area contributed by atoms with Gasteiger partial charge < -0.3 is 5.73 Å². The van der Waals surface area contributed by atoms with Crippen molar-refractivity contribution in [2.75, 3.05) is 0 Å². The highest BCUT2D eigenvalue weighted by Gasteiger charge is 2.20. The molecule has 16 heavy (non-hydrogen) atoms. The Morgan fingerprint density at radius 2 is 1.81 bits per heavy atom. The molecule has 2 unspecified atom stereocenters. The average Bonchev–Trinajstić information content (AvgIpc) is 2.36. The Morgan fingerprint density at radius 1 is 1.25 bits per heavy atom. The Balaban J connectivity index is 2.80. The van der Waals surface area contributed by atoms with E-state index in [0.29, 0.717) is 0 Å². The van der Waals surface area contributed by atoms with Gasteiger partial charge in [0.15, 0.2) is 5.78 Å². The van der Waals surface area contributed by atoms with Gasteiger partial charge in [-0.3, -0.25) is 4.79 Å². The maximum absolute atomic E-state index is 12.0. The predicted molar refractivity (Wildman–Crippen MR) is 67.6 cm³/mol. The van der Waals surface area contributed by atoms with Gasteiger partial charge in [0.05, 0.1) is 6.04 Å². The van der Waals surface area contributed by atoms with Gasteiger partial charge in [-0.2, -0.15) is 0 Å². The molecule has 1 rings (SSSR count). The van der Waals surface area contributed by atoms with E-state index in [9.17, 15) is 4.79 Å². The Morgan fingerprint density at radius 3 is 2.25 bits per heavy atom. The van der Waals surface area contributed by atoms with Gasteiger partial charge in [0.25, 0.3) is 0 Å². The minimum Gasteiger partial charge on any atom is -0.321 e. The van der Waals surface area contributed by atoms with Crippen molar-refractivity contribution in [2.45, 2.75) is 39.7 Å². The molecule has 0 radical (unpaired) electrons. The highest BCUT2D eigenvalue weighted by molar-refractivity contribution is 6.00. The summed E-state index contributed by atoms with van der Waals surface area (Å²) in [6, 6.07) is 7.37. The molecule has 0 saturated heterocycles. The van der Waals surface area contributed by atoms with E-state index in [-0.39, 0.29) is 17.7 Å². The average molecular weight is 219 g/mol. The Hall–Kier alpha value is -1.15. The Bertz CT molecular complexity index is 342. The van der Waals surface area contributed by atoms with Gasteiger partial charge in [-0.25, -0.2) is 0 Å². The highest BCUT2D eigenvalue weighted by Crippen LogP contribution is 2.13. The lowest BCUT2D eigenvalue weighted by atomic mass is 9.92. The Kier molecular flexibility index (Phi) is 4.69. The molecule has 2 heteroatoms. The largest absolute Gasteiger partial charge is 0.321 e. The van der Waals surface area contributed by atoms with Crippen LogP contribution in [0.3, 0.4) is 0 Å². The van der Waals surface area contributed by atoms with E-state index in [1.54, 1.807) is 0 Å². The predicted octanol–water partition coefficient (Wildman–Crippen LogP) is 2.81. The van der Waals surface area contributed by atoms with Crippen LogP contribution in [0.4, 0.5) is 0 Å². The number of benzene rings is 1. The monoisotopic (exact) mass is 219 g/mol. The van der Waals surface area contributed by atoms with Crippen molar-refractivity contribution in [2.24, 2.45) is 11.7 Å². The number of carbonyl (C=O) groups excluding carboxylic acids is 1. The molecular formula is C14H21NO. The maximum Gasteiger partial charge on any atom is 0.179 e. The quantitative estimate of drug-likeness (QED) is 0.774. The zero-order valence-corrected chi connectivity index (χ0v) is 10.4. The van der Waals surface area contributed by atoms with E-state index in [1.807, 2.05) is 31.2 Å². The standard InChI is InChI=1S/C14H21NO/c1-4-10(3)13(15)14(16)12-8-6-11(5-2)7-9-12/h6-10,13H,4-5,15H2,1-3H3. The third-order valence-corrected chi connectivity index (χ3v) is 3.21. The molecule has 2 N–H and O–H groups in total. The summed E-state index contributed by atoms with van der Waals surface area (Å²) in [5.74, 6) is 0.287. The van der Waals surface area contributed by atoms with Crippen molar-refractivity contribution in [3.05, 3.63) is 35.4 Å². The summed E-state index contributed by atoms with van der Waals surface area (Å²) in [6.45, 7) is 6.17. The van der Waals surface area contributed by atoms with Crippen LogP contribution in [0, 0.1) is 5.92 Å². The van der Waals surface area contributed by atoms with Gasteiger partial charge in [0.1, 0.15) is 0 Å². The van der Waals surface area contributed by atoms with Gasteiger partial charge >= 0.3 is 0 Å². The van der Waals surface area contributed by atoms with Gasteiger partial charge in [0.2, 0.25) is 0 Å². The molecule has 1 aromatic rings. The van der Waals surface area contributed by atoms with Crippen LogP contribution in [0.1, 0.15) is 43.1 Å². The summed E-state index contributed by atoms with van der Waals surface area (Å²) in [6.07, 6.45) is 1.92. The third-order valence-electron chi connectivity index (χ3n) is 3.21. The van der Waals surface area contributed by atoms with Gasteiger partial charge in [0, 0.05) is 5.56 Å². The molecule has 0 bridgehead atoms. The molecule has 0 saturated carbocycles. The number of hydrogen-bond donors (Lipinski definition) is 1. The first kappa shape index (κ1) is 12.9. The fraction of sp³-hybridized carbons (Fsp3) is 0.500. The topological polar surface area (TPSA) is 43.1 Å². The summed E-state index contributed by atoms with van der Waals surface area (Å²) < 4.78 is 0. The lowest BCUT2D eigenvalue weighted by Gasteiger charge is -2.17. The van der Waals surface area contributed by atoms with Crippen LogP contribution in [0.15, 0.2) is 24.3 Å². The first-order valence-corrected chi connectivity index (χ1v) is 5.98. The number of Topliss-reactive ketones (excluding diaryl/α,β-unsaturated/α-hetero) is 1. The van der Waals surface area contributed by atoms with Gasteiger partial charge in [-0.05, 0) is 17.9 Å². The second kappa shape index (κ2) is 5.80. The number of carbonyl (C=O) groups is 1. The molecule has 0 fully saturated rings. The molecule has 0 heterocycles. The molecule has 0 spiro atoms. The summed E-state index contributed by atoms with van der Waals surface area (Å²) in [5.41, 5.74) is 7.90. The van der Waals surface area contributed by atoms with Crippen molar-refractivity contribution in [1.82, 2.24) is 0 Å². The van der Waals surface area contributed by atoms with Gasteiger partial charge in [-0.1, -0.05) is 51.5 Å². The normalized spacial score (nSPS) is 14.5. The molecule has 88 valence electrons. The van der Waals surface area contributed by atoms with E-state index in [1.165, 1.54) is 5.56 Å². The lowest BCUT2D eigenvalue weighted by molar-refractivity contribution is 0.0935. The minimum atomic E-state index is -0.377. The van der Waals surface area contributed by atoms with Crippen LogP contribution in [-0.4, -0.2) is 11.8 Å². The SMILES string of the molecule is CCc1ccc(C(=O)C(N)C(C)CC)cc1. The van der Waals surface area contributed by atoms with Crippen molar-refractivity contribution in [1.29, 1.82) is 0 Å². The van der Waals surface area contributed by atoms with E-state index in [2.05, 4.69) is 13.8 Å². The van der Waals surface area contributed by atoms with Crippen molar-refractivity contribution >= 4 is 5.78 Å². The summed E-state index contributed by atoms with van der Waals surface area (Å²) >= 11 is 0. The fourth-order valence-corrected chi connectivity index (χ4v) is 1.61. The molecule has 0 aliphatic rings. The molecule has 2 nitrogen and oxygen atoms in total. The maximum atomic E-state index is 12.0. The van der Waals surface area contributed by atoms with Crippen LogP contribution in [0.2, 0.25) is 0 Å². The van der Waals surface area contributed by atoms with E-state index in [0.717, 1.165) is 18.4 Å². The minimum absolute atomic E-state index is 0.0528. The molecular weight excluding hydrogens is 198 g/mol. The van der Waals surface area contributed by atoms with Crippen LogP contribution in [0.5, 0.6) is 0 Å². The zero-order valence-electron chi connectivity index (χ0n) is 10.4. The van der Waals surface area contributed by atoms with Gasteiger partial charge in [-0.15, -0.1) is 0 Å². The smallest absolute Gasteiger partial charge is 0.179 e. The first-order chi connectivity index (χ1) is 7.60. The Labute approximate surface area is 97.9 Å². The van der Waals surface area contributed by atoms with Crippen LogP contribution < -0.4 is 5.73 Å². The van der Waals surface area contributed by atoms with E-state index >= 15 is 0 Å². The summed E-state index contributed by atoms with van der Waals surface area (Å²) in [5, 5.41) is 0.